The van der Waals surface area contributed by atoms with E-state index in [9.17, 15) is 4.79 Å². The quantitative estimate of drug-likeness (QED) is 0.0440. The highest BCUT2D eigenvalue weighted by atomic mass is 35.5. The minimum Gasteiger partial charge on any atom is -0.494 e. The number of carbonyl (C=O) groups is 1. The Labute approximate surface area is 245 Å². The highest BCUT2D eigenvalue weighted by molar-refractivity contribution is 6.30. The number of halogens is 1. The van der Waals surface area contributed by atoms with Gasteiger partial charge in [-0.05, 0) is 55.7 Å². The monoisotopic (exact) mass is 591 g/mol. The molecule has 224 valence electrons. The first kappa shape index (κ1) is 33.7. The van der Waals surface area contributed by atoms with Gasteiger partial charge in [-0.15, -0.1) is 0 Å². The molecule has 0 fully saturated rings. The zero-order valence-electron chi connectivity index (χ0n) is 23.3. The molecule has 1 aromatic heterocycles. The van der Waals surface area contributed by atoms with Gasteiger partial charge in [0, 0.05) is 31.1 Å². The van der Waals surface area contributed by atoms with Gasteiger partial charge in [-0.2, -0.15) is 5.26 Å². The lowest BCUT2D eigenvalue weighted by Gasteiger charge is -2.18. The molecule has 0 bridgehead atoms. The van der Waals surface area contributed by atoms with Gasteiger partial charge in [-0.25, -0.2) is 4.99 Å². The molecule has 0 spiro atoms. The third-order valence-electron chi connectivity index (χ3n) is 5.34. The molecule has 1 atom stereocenters. The molecule has 1 aromatic carbocycles. The van der Waals surface area contributed by atoms with Crippen LogP contribution in [0, 0.1) is 11.5 Å². The van der Waals surface area contributed by atoms with Crippen molar-refractivity contribution in [3.63, 3.8) is 0 Å². The minimum atomic E-state index is -0.968. The zero-order chi connectivity index (χ0) is 29.4. The molecule has 0 aliphatic carbocycles. The van der Waals surface area contributed by atoms with Crippen LogP contribution >= 0.6 is 11.6 Å². The SMILES string of the molecule is COCCOCCOCCOC(OC=O)n1ccc(=NC(=NCCCCCCOc2ccc(Cl)cc2)NC#N)cc1. The molecule has 0 amide bonds. The van der Waals surface area contributed by atoms with Gasteiger partial charge in [-0.1, -0.05) is 18.0 Å². The summed E-state index contributed by atoms with van der Waals surface area (Å²) in [7, 11) is 1.61. The van der Waals surface area contributed by atoms with Gasteiger partial charge < -0.3 is 28.4 Å². The molecule has 41 heavy (non-hydrogen) atoms. The standard InChI is InChI=1S/C28H38ClN5O7/c1-36-16-17-37-18-19-38-20-21-40-28(41-23-35)34-13-10-25(11-14-34)33-27(32-22-30)31-12-4-2-3-5-15-39-26-8-6-24(29)7-9-26/h6-11,13-14,23,28H,2-5,12,15-21H2,1H3,(H,31,32). The number of unbranched alkanes of at least 4 members (excludes halogenated alkanes) is 3. The fraction of sp³-hybridized carbons (Fsp3) is 0.500. The van der Waals surface area contributed by atoms with Crippen molar-refractivity contribution in [1.82, 2.24) is 9.88 Å². The smallest absolute Gasteiger partial charge is 0.296 e. The van der Waals surface area contributed by atoms with Crippen LogP contribution < -0.4 is 15.4 Å². The molecular weight excluding hydrogens is 554 g/mol. The van der Waals surface area contributed by atoms with Crippen molar-refractivity contribution in [2.45, 2.75) is 32.1 Å². The number of pyridine rings is 1. The van der Waals surface area contributed by atoms with Crippen LogP contribution in [0.4, 0.5) is 0 Å². The van der Waals surface area contributed by atoms with Crippen molar-refractivity contribution in [2.24, 2.45) is 9.98 Å². The Morgan fingerprint density at radius 2 is 1.66 bits per heavy atom. The number of aromatic nitrogens is 1. The van der Waals surface area contributed by atoms with Crippen LogP contribution in [0.3, 0.4) is 0 Å². The van der Waals surface area contributed by atoms with Gasteiger partial charge in [-0.3, -0.25) is 19.7 Å². The highest BCUT2D eigenvalue weighted by Gasteiger charge is 2.10. The normalized spacial score (nSPS) is 11.9. The van der Waals surface area contributed by atoms with E-state index in [0.29, 0.717) is 63.0 Å². The molecule has 2 aromatic rings. The number of methoxy groups -OCH3 is 1. The van der Waals surface area contributed by atoms with E-state index in [1.54, 1.807) is 48.3 Å². The fourth-order valence-corrected chi connectivity index (χ4v) is 3.43. The number of hydrogen-bond donors (Lipinski definition) is 1. The Morgan fingerprint density at radius 1 is 0.976 bits per heavy atom. The van der Waals surface area contributed by atoms with E-state index >= 15 is 0 Å². The highest BCUT2D eigenvalue weighted by Crippen LogP contribution is 2.16. The summed E-state index contributed by atoms with van der Waals surface area (Å²) in [5.74, 6) is 1.02. The fourth-order valence-electron chi connectivity index (χ4n) is 3.31. The van der Waals surface area contributed by atoms with E-state index in [1.165, 1.54) is 0 Å². The summed E-state index contributed by atoms with van der Waals surface area (Å²) < 4.78 is 33.5. The second-order valence-corrected chi connectivity index (χ2v) is 8.84. The molecule has 1 heterocycles. The topological polar surface area (TPSA) is 138 Å². The molecule has 12 nitrogen and oxygen atoms in total. The van der Waals surface area contributed by atoms with Gasteiger partial charge >= 0.3 is 0 Å². The van der Waals surface area contributed by atoms with Crippen LogP contribution in [-0.2, 0) is 28.5 Å². The number of guanidine groups is 1. The van der Waals surface area contributed by atoms with Gasteiger partial charge in [0.1, 0.15) is 5.75 Å². The Balaban J connectivity index is 1.74. The number of rotatable bonds is 21. The summed E-state index contributed by atoms with van der Waals surface area (Å²) in [6.07, 6.45) is 7.95. The molecule has 0 saturated carbocycles. The second-order valence-electron chi connectivity index (χ2n) is 8.40. The average molecular weight is 592 g/mol. The number of hydrogen-bond acceptors (Lipinski definition) is 9. The summed E-state index contributed by atoms with van der Waals surface area (Å²) in [6, 6.07) is 10.7. The molecule has 0 aliphatic rings. The molecule has 2 rings (SSSR count). The van der Waals surface area contributed by atoms with Crippen LogP contribution in [0.2, 0.25) is 5.02 Å². The Kier molecular flexibility index (Phi) is 18.3. The van der Waals surface area contributed by atoms with E-state index in [0.717, 1.165) is 31.4 Å². The Morgan fingerprint density at radius 3 is 2.34 bits per heavy atom. The first-order valence-corrected chi connectivity index (χ1v) is 13.7. The van der Waals surface area contributed by atoms with Gasteiger partial charge in [0.2, 0.25) is 5.96 Å². The Bertz CT molecular complexity index is 1100. The van der Waals surface area contributed by atoms with Crippen LogP contribution in [0.25, 0.3) is 0 Å². The lowest BCUT2D eigenvalue weighted by Crippen LogP contribution is -2.22. The minimum absolute atomic E-state index is 0.202. The lowest BCUT2D eigenvalue weighted by atomic mass is 10.2. The molecule has 1 unspecified atom stereocenters. The van der Waals surface area contributed by atoms with Crippen LogP contribution in [0.15, 0.2) is 58.8 Å². The molecule has 0 saturated heterocycles. The predicted molar refractivity (Wildman–Crippen MR) is 152 cm³/mol. The Hall–Kier alpha value is -3.47. The van der Waals surface area contributed by atoms with Crippen molar-refractivity contribution in [3.05, 3.63) is 59.2 Å². The summed E-state index contributed by atoms with van der Waals surface area (Å²) >= 11 is 5.87. The maximum atomic E-state index is 10.9. The number of benzene rings is 1. The van der Waals surface area contributed by atoms with Crippen molar-refractivity contribution >= 4 is 24.0 Å². The van der Waals surface area contributed by atoms with Gasteiger partial charge in [0.15, 0.2) is 6.19 Å². The molecule has 0 radical (unpaired) electrons. The number of nitrogens with zero attached hydrogens (tertiary/aromatic N) is 4. The summed E-state index contributed by atoms with van der Waals surface area (Å²) in [5.41, 5.74) is 0. The van der Waals surface area contributed by atoms with Crippen LogP contribution in [-0.4, -0.2) is 76.9 Å². The van der Waals surface area contributed by atoms with E-state index in [4.69, 9.17) is 45.3 Å². The van der Waals surface area contributed by atoms with Gasteiger partial charge in [0.05, 0.1) is 51.6 Å². The first-order valence-electron chi connectivity index (χ1n) is 13.3. The predicted octanol–water partition coefficient (Wildman–Crippen LogP) is 3.43. The second kappa shape index (κ2) is 22.2. The maximum absolute atomic E-state index is 10.9. The van der Waals surface area contributed by atoms with Crippen LogP contribution in [0.1, 0.15) is 32.1 Å². The van der Waals surface area contributed by atoms with E-state index < -0.39 is 6.41 Å². The number of aliphatic imine (C=N–C) groups is 1. The largest absolute Gasteiger partial charge is 0.494 e. The number of nitrogens with one attached hydrogen (secondary N) is 1. The van der Waals surface area contributed by atoms with Gasteiger partial charge in [0.25, 0.3) is 12.9 Å². The molecular formula is C28H38ClN5O7. The number of carbonyl (C=O) groups excluding carboxylic acids is 1. The van der Waals surface area contributed by atoms with E-state index in [2.05, 4.69) is 15.3 Å². The third-order valence-corrected chi connectivity index (χ3v) is 5.59. The van der Waals surface area contributed by atoms with Crippen LogP contribution in [0.5, 0.6) is 5.75 Å². The van der Waals surface area contributed by atoms with Crippen molar-refractivity contribution in [2.75, 3.05) is 59.9 Å². The molecule has 0 aliphatic heterocycles. The number of nitriles is 1. The first-order chi connectivity index (χ1) is 20.2. The molecule has 13 heteroatoms. The van der Waals surface area contributed by atoms with Crippen molar-refractivity contribution < 1.29 is 33.2 Å². The average Bonchev–Trinajstić information content (AvgIpc) is 2.98. The number of ether oxygens (including phenoxy) is 6. The third kappa shape index (κ3) is 15.8. The maximum Gasteiger partial charge on any atom is 0.296 e. The summed E-state index contributed by atoms with van der Waals surface area (Å²) in [5, 5.41) is 12.8. The lowest BCUT2D eigenvalue weighted by molar-refractivity contribution is -0.193. The van der Waals surface area contributed by atoms with Crippen molar-refractivity contribution in [1.29, 1.82) is 5.26 Å². The zero-order valence-corrected chi connectivity index (χ0v) is 24.0. The summed E-state index contributed by atoms with van der Waals surface area (Å²) in [4.78, 5) is 19.7. The summed E-state index contributed by atoms with van der Waals surface area (Å²) in [6.45, 7) is 3.89. The molecule has 1 N–H and O–H groups in total. The van der Waals surface area contributed by atoms with E-state index in [1.807, 2.05) is 18.3 Å². The van der Waals surface area contributed by atoms with Crippen molar-refractivity contribution in [3.8, 4) is 11.9 Å². The van der Waals surface area contributed by atoms with E-state index in [-0.39, 0.29) is 12.6 Å².